The van der Waals surface area contributed by atoms with Crippen LogP contribution in [-0.2, 0) is 4.79 Å². The van der Waals surface area contributed by atoms with Crippen LogP contribution in [0.1, 0.15) is 27.7 Å². The van der Waals surface area contributed by atoms with Gasteiger partial charge in [-0.2, -0.15) is 5.26 Å². The van der Waals surface area contributed by atoms with E-state index in [1.807, 2.05) is 17.5 Å². The van der Waals surface area contributed by atoms with E-state index in [-0.39, 0.29) is 11.7 Å². The summed E-state index contributed by atoms with van der Waals surface area (Å²) in [5.41, 5.74) is 2.69. The number of amides is 1. The Balaban J connectivity index is 1.43. The van der Waals surface area contributed by atoms with Crippen LogP contribution in [0.5, 0.6) is 0 Å². The van der Waals surface area contributed by atoms with Crippen LogP contribution in [0, 0.1) is 11.3 Å². The lowest BCUT2D eigenvalue weighted by Gasteiger charge is -2.14. The molecule has 0 fully saturated rings. The average Bonchev–Trinajstić information content (AvgIpc) is 3.41. The number of ketones is 1. The number of thiophene rings is 1. The molecule has 4 rings (SSSR count). The van der Waals surface area contributed by atoms with E-state index in [1.165, 1.54) is 17.8 Å². The summed E-state index contributed by atoms with van der Waals surface area (Å²) in [6, 6.07) is 21.2. The summed E-state index contributed by atoms with van der Waals surface area (Å²) in [6.07, 6.45) is 3.31. The maximum atomic E-state index is 12.9. The van der Waals surface area contributed by atoms with Gasteiger partial charge >= 0.3 is 0 Å². The minimum atomic E-state index is -0.550. The summed E-state index contributed by atoms with van der Waals surface area (Å²) < 4.78 is 0. The molecule has 0 bridgehead atoms. The van der Waals surface area contributed by atoms with Gasteiger partial charge in [0, 0.05) is 26.7 Å². The van der Waals surface area contributed by atoms with Gasteiger partial charge in [0.15, 0.2) is 5.78 Å². The van der Waals surface area contributed by atoms with E-state index in [9.17, 15) is 14.9 Å². The number of benzene rings is 2. The van der Waals surface area contributed by atoms with Crippen LogP contribution in [0.4, 0.5) is 5.69 Å². The van der Waals surface area contributed by atoms with Crippen molar-refractivity contribution >= 4 is 69.8 Å². The Morgan fingerprint density at radius 3 is 2.57 bits per heavy atom. The maximum absolute atomic E-state index is 12.9. The van der Waals surface area contributed by atoms with Crippen LogP contribution >= 0.6 is 46.3 Å². The number of carbonyl (C=O) groups is 2. The normalized spacial score (nSPS) is 11.7. The van der Waals surface area contributed by atoms with E-state index in [0.29, 0.717) is 43.1 Å². The highest BCUT2D eigenvalue weighted by Crippen LogP contribution is 2.33. The van der Waals surface area contributed by atoms with E-state index < -0.39 is 5.25 Å². The van der Waals surface area contributed by atoms with Crippen LogP contribution in [0.3, 0.4) is 0 Å². The number of hydrogen-bond donors (Lipinski definition) is 1. The van der Waals surface area contributed by atoms with Crippen molar-refractivity contribution in [2.45, 2.75) is 17.2 Å². The zero-order chi connectivity index (χ0) is 26.4. The van der Waals surface area contributed by atoms with E-state index in [4.69, 9.17) is 23.2 Å². The van der Waals surface area contributed by atoms with Gasteiger partial charge in [-0.25, -0.2) is 4.98 Å². The first-order valence-electron chi connectivity index (χ1n) is 11.0. The van der Waals surface area contributed by atoms with Gasteiger partial charge in [0.05, 0.1) is 21.5 Å². The molecule has 5 nitrogen and oxygen atoms in total. The Hall–Kier alpha value is -3.41. The Kier molecular flexibility index (Phi) is 8.80. The lowest BCUT2D eigenvalue weighted by atomic mass is 10.1. The van der Waals surface area contributed by atoms with Crippen molar-refractivity contribution < 1.29 is 9.59 Å². The van der Waals surface area contributed by atoms with Crippen LogP contribution in [-0.4, -0.2) is 21.9 Å². The molecule has 0 spiro atoms. The smallest absolute Gasteiger partial charge is 0.237 e. The Morgan fingerprint density at radius 2 is 1.89 bits per heavy atom. The third kappa shape index (κ3) is 6.88. The molecule has 1 unspecified atom stereocenters. The third-order valence-corrected chi connectivity index (χ3v) is 7.71. The molecule has 184 valence electrons. The molecule has 1 amide bonds. The van der Waals surface area contributed by atoms with Gasteiger partial charge in [-0.15, -0.1) is 11.3 Å². The summed E-state index contributed by atoms with van der Waals surface area (Å²) in [6.45, 7) is 1.73. The van der Waals surface area contributed by atoms with Crippen molar-refractivity contribution in [2.75, 3.05) is 5.32 Å². The monoisotopic (exact) mass is 563 g/mol. The first-order valence-corrected chi connectivity index (χ1v) is 13.6. The number of nitrogens with one attached hydrogen (secondary N) is 1. The summed E-state index contributed by atoms with van der Waals surface area (Å²) >= 11 is 15.0. The van der Waals surface area contributed by atoms with Crippen molar-refractivity contribution in [3.63, 3.8) is 0 Å². The summed E-state index contributed by atoms with van der Waals surface area (Å²) in [7, 11) is 0. The lowest BCUT2D eigenvalue weighted by molar-refractivity contribution is -0.115. The fraction of sp³-hybridized carbons (Fsp3) is 0.0714. The number of allylic oxidation sites excluding steroid dienone is 1. The number of pyridine rings is 1. The number of carbonyl (C=O) groups excluding carboxylic acids is 2. The summed E-state index contributed by atoms with van der Waals surface area (Å²) in [5, 5.41) is 15.2. The number of halogens is 2. The Labute approximate surface area is 232 Å². The molecule has 0 aliphatic carbocycles. The van der Waals surface area contributed by atoms with Gasteiger partial charge in [-0.05, 0) is 85.1 Å². The van der Waals surface area contributed by atoms with E-state index >= 15 is 0 Å². The van der Waals surface area contributed by atoms with Gasteiger partial charge in [0.1, 0.15) is 11.1 Å². The highest BCUT2D eigenvalue weighted by atomic mass is 35.5. The van der Waals surface area contributed by atoms with E-state index in [1.54, 1.807) is 78.9 Å². The second-order valence-corrected chi connectivity index (χ2v) is 11.0. The molecular formula is C28H19Cl2N3O2S2. The lowest BCUT2D eigenvalue weighted by Crippen LogP contribution is -2.22. The van der Waals surface area contributed by atoms with Crippen LogP contribution in [0.15, 0.2) is 83.2 Å². The Morgan fingerprint density at radius 1 is 1.11 bits per heavy atom. The van der Waals surface area contributed by atoms with Crippen molar-refractivity contribution in [1.82, 2.24) is 4.98 Å². The molecule has 0 radical (unpaired) electrons. The molecule has 2 aromatic heterocycles. The van der Waals surface area contributed by atoms with Gasteiger partial charge in [-0.1, -0.05) is 41.0 Å². The first kappa shape index (κ1) is 26.6. The molecule has 1 N–H and O–H groups in total. The van der Waals surface area contributed by atoms with Crippen molar-refractivity contribution in [1.29, 1.82) is 5.26 Å². The van der Waals surface area contributed by atoms with Crippen LogP contribution < -0.4 is 5.32 Å². The topological polar surface area (TPSA) is 82.8 Å². The molecule has 37 heavy (non-hydrogen) atoms. The number of thioether (sulfide) groups is 1. The van der Waals surface area contributed by atoms with E-state index in [0.717, 1.165) is 4.88 Å². The SMILES string of the molecule is CC(Sc1nc(-c2ccc(Cl)cc2Cl)ccc1C#N)C(=O)Nc1ccc(C(=O)/C=C/c2cccs2)cc1. The van der Waals surface area contributed by atoms with E-state index in [2.05, 4.69) is 16.4 Å². The highest BCUT2D eigenvalue weighted by Gasteiger charge is 2.19. The minimum absolute atomic E-state index is 0.119. The molecule has 0 aliphatic rings. The number of rotatable bonds is 8. The molecule has 0 saturated carbocycles. The zero-order valence-corrected chi connectivity index (χ0v) is 22.6. The molecule has 2 heterocycles. The molecule has 9 heteroatoms. The number of aromatic nitrogens is 1. The summed E-state index contributed by atoms with van der Waals surface area (Å²) in [4.78, 5) is 30.8. The van der Waals surface area contributed by atoms with Gasteiger partial charge in [0.25, 0.3) is 0 Å². The molecule has 0 aliphatic heterocycles. The third-order valence-electron chi connectivity index (χ3n) is 5.22. The zero-order valence-electron chi connectivity index (χ0n) is 19.4. The van der Waals surface area contributed by atoms with Crippen LogP contribution in [0.2, 0.25) is 10.0 Å². The predicted octanol–water partition coefficient (Wildman–Crippen LogP) is 8.00. The molecule has 0 saturated heterocycles. The number of hydrogen-bond acceptors (Lipinski definition) is 6. The fourth-order valence-electron chi connectivity index (χ4n) is 3.29. The number of nitriles is 1. The molecule has 4 aromatic rings. The van der Waals surface area contributed by atoms with Crippen molar-refractivity contribution in [3.05, 3.63) is 104 Å². The standard InChI is InChI=1S/C28H19Cl2N3O2S2/c1-17(37-28-19(16-31)6-12-25(33-28)23-11-7-20(29)15-24(23)30)27(35)32-21-8-4-18(5-9-21)26(34)13-10-22-3-2-14-36-22/h2-15,17H,1H3,(H,32,35)/b13-10+. The molecule has 2 aromatic carbocycles. The second kappa shape index (κ2) is 12.2. The minimum Gasteiger partial charge on any atom is -0.325 e. The summed E-state index contributed by atoms with van der Waals surface area (Å²) in [5.74, 6) is -0.381. The first-order chi connectivity index (χ1) is 17.8. The largest absolute Gasteiger partial charge is 0.325 e. The van der Waals surface area contributed by atoms with Gasteiger partial charge in [-0.3, -0.25) is 9.59 Å². The predicted molar refractivity (Wildman–Crippen MR) is 152 cm³/mol. The van der Waals surface area contributed by atoms with Crippen LogP contribution in [0.25, 0.3) is 17.3 Å². The van der Waals surface area contributed by atoms with Gasteiger partial charge < -0.3 is 5.32 Å². The molecule has 1 atom stereocenters. The molecular weight excluding hydrogens is 545 g/mol. The van der Waals surface area contributed by atoms with Crippen molar-refractivity contribution in [2.24, 2.45) is 0 Å². The second-order valence-electron chi connectivity index (χ2n) is 7.82. The fourth-order valence-corrected chi connectivity index (χ4v) is 5.30. The number of nitrogens with zero attached hydrogens (tertiary/aromatic N) is 2. The van der Waals surface area contributed by atoms with Crippen molar-refractivity contribution in [3.8, 4) is 17.3 Å². The highest BCUT2D eigenvalue weighted by molar-refractivity contribution is 8.00. The quantitative estimate of drug-likeness (QED) is 0.133. The van der Waals surface area contributed by atoms with Gasteiger partial charge in [0.2, 0.25) is 5.91 Å². The Bertz CT molecular complexity index is 1510. The average molecular weight is 565 g/mol. The maximum Gasteiger partial charge on any atom is 0.237 e. The number of anilines is 1.